The van der Waals surface area contributed by atoms with Gasteiger partial charge in [-0.05, 0) is 24.6 Å². The number of hydrogen-bond acceptors (Lipinski definition) is 3. The van der Waals surface area contributed by atoms with Gasteiger partial charge >= 0.3 is 0 Å². The highest BCUT2D eigenvalue weighted by Crippen LogP contribution is 2.35. The van der Waals surface area contributed by atoms with Crippen LogP contribution in [0.5, 0.6) is 5.75 Å². The SMILES string of the molecule is CCCCOc1ccc2c3c(cccc13)C(=O)N(C)C2=O. The van der Waals surface area contributed by atoms with Crippen LogP contribution >= 0.6 is 0 Å². The second-order valence-electron chi connectivity index (χ2n) is 5.21. The van der Waals surface area contributed by atoms with Crippen LogP contribution in [0.3, 0.4) is 0 Å². The smallest absolute Gasteiger partial charge is 0.261 e. The number of nitrogens with zero attached hydrogens (tertiary/aromatic N) is 1. The molecule has 108 valence electrons. The molecule has 21 heavy (non-hydrogen) atoms. The molecule has 1 aliphatic rings. The molecule has 0 atom stereocenters. The van der Waals surface area contributed by atoms with E-state index in [2.05, 4.69) is 6.92 Å². The summed E-state index contributed by atoms with van der Waals surface area (Å²) in [6.45, 7) is 2.74. The topological polar surface area (TPSA) is 46.6 Å². The minimum atomic E-state index is -0.260. The first-order chi connectivity index (χ1) is 10.1. The first-order valence-electron chi connectivity index (χ1n) is 7.16. The van der Waals surface area contributed by atoms with Gasteiger partial charge in [-0.25, -0.2) is 0 Å². The minimum Gasteiger partial charge on any atom is -0.493 e. The highest BCUT2D eigenvalue weighted by atomic mass is 16.5. The van der Waals surface area contributed by atoms with Gasteiger partial charge in [0.2, 0.25) is 0 Å². The zero-order valence-corrected chi connectivity index (χ0v) is 12.2. The number of benzene rings is 2. The Kier molecular flexibility index (Phi) is 3.37. The predicted molar refractivity (Wildman–Crippen MR) is 80.8 cm³/mol. The molecule has 0 fully saturated rings. The highest BCUT2D eigenvalue weighted by molar-refractivity contribution is 6.25. The van der Waals surface area contributed by atoms with Crippen LogP contribution in [0.1, 0.15) is 40.5 Å². The number of rotatable bonds is 4. The lowest BCUT2D eigenvalue weighted by atomic mass is 9.94. The Bertz CT molecular complexity index is 714. The van der Waals surface area contributed by atoms with E-state index in [0.29, 0.717) is 23.1 Å². The van der Waals surface area contributed by atoms with E-state index in [1.54, 1.807) is 12.1 Å². The van der Waals surface area contributed by atoms with Crippen LogP contribution < -0.4 is 4.74 Å². The lowest BCUT2D eigenvalue weighted by Crippen LogP contribution is -2.36. The van der Waals surface area contributed by atoms with E-state index in [1.165, 1.54) is 7.05 Å². The number of imide groups is 1. The van der Waals surface area contributed by atoms with E-state index >= 15 is 0 Å². The maximum absolute atomic E-state index is 12.2. The minimum absolute atomic E-state index is 0.260. The molecule has 3 rings (SSSR count). The molecular formula is C17H17NO3. The molecule has 0 aromatic heterocycles. The lowest BCUT2D eigenvalue weighted by Gasteiger charge is -2.24. The summed E-state index contributed by atoms with van der Waals surface area (Å²) < 4.78 is 5.80. The third kappa shape index (κ3) is 2.07. The van der Waals surface area contributed by atoms with Gasteiger partial charge in [-0.2, -0.15) is 0 Å². The summed E-state index contributed by atoms with van der Waals surface area (Å²) in [4.78, 5) is 25.7. The van der Waals surface area contributed by atoms with Crippen LogP contribution in [0, 0.1) is 0 Å². The molecule has 0 saturated carbocycles. The summed E-state index contributed by atoms with van der Waals surface area (Å²) in [6.07, 6.45) is 2.03. The van der Waals surface area contributed by atoms with Crippen molar-refractivity contribution in [1.29, 1.82) is 0 Å². The van der Waals surface area contributed by atoms with Crippen molar-refractivity contribution in [3.05, 3.63) is 41.5 Å². The van der Waals surface area contributed by atoms with Crippen molar-refractivity contribution in [3.63, 3.8) is 0 Å². The fraction of sp³-hybridized carbons (Fsp3) is 0.294. The van der Waals surface area contributed by atoms with Crippen LogP contribution in [0.25, 0.3) is 10.8 Å². The summed E-state index contributed by atoms with van der Waals surface area (Å²) in [6, 6.07) is 9.05. The molecule has 0 spiro atoms. The van der Waals surface area contributed by atoms with E-state index in [0.717, 1.165) is 28.9 Å². The zero-order valence-electron chi connectivity index (χ0n) is 12.2. The third-order valence-electron chi connectivity index (χ3n) is 3.83. The van der Waals surface area contributed by atoms with Crippen molar-refractivity contribution >= 4 is 22.6 Å². The van der Waals surface area contributed by atoms with Gasteiger partial charge in [0.25, 0.3) is 11.8 Å². The van der Waals surface area contributed by atoms with E-state index in [9.17, 15) is 9.59 Å². The van der Waals surface area contributed by atoms with Crippen molar-refractivity contribution < 1.29 is 14.3 Å². The molecule has 4 nitrogen and oxygen atoms in total. The van der Waals surface area contributed by atoms with E-state index in [4.69, 9.17) is 4.74 Å². The molecular weight excluding hydrogens is 266 g/mol. The number of unbranched alkanes of at least 4 members (excludes halogenated alkanes) is 1. The third-order valence-corrected chi connectivity index (χ3v) is 3.83. The Morgan fingerprint density at radius 1 is 1.05 bits per heavy atom. The summed E-state index contributed by atoms with van der Waals surface area (Å²) in [5.74, 6) is 0.210. The molecule has 0 radical (unpaired) electrons. The second kappa shape index (κ2) is 5.20. The maximum atomic E-state index is 12.2. The van der Waals surface area contributed by atoms with E-state index < -0.39 is 0 Å². The maximum Gasteiger partial charge on any atom is 0.261 e. The van der Waals surface area contributed by atoms with Crippen LogP contribution in [0.4, 0.5) is 0 Å². The first-order valence-corrected chi connectivity index (χ1v) is 7.16. The zero-order chi connectivity index (χ0) is 15.0. The van der Waals surface area contributed by atoms with Crippen molar-refractivity contribution in [3.8, 4) is 5.75 Å². The summed E-state index contributed by atoms with van der Waals surface area (Å²) in [7, 11) is 1.51. The van der Waals surface area contributed by atoms with Gasteiger partial charge in [0.1, 0.15) is 5.75 Å². The fourth-order valence-electron chi connectivity index (χ4n) is 2.64. The van der Waals surface area contributed by atoms with Crippen molar-refractivity contribution in [2.24, 2.45) is 0 Å². The van der Waals surface area contributed by atoms with Crippen LogP contribution in [0.2, 0.25) is 0 Å². The molecule has 0 saturated heterocycles. The standard InChI is InChI=1S/C17H17NO3/c1-3-4-10-21-14-9-8-13-15-11(14)6-5-7-12(15)16(19)18(2)17(13)20/h5-9H,3-4,10H2,1-2H3. The van der Waals surface area contributed by atoms with Crippen LogP contribution in [0.15, 0.2) is 30.3 Å². The molecule has 0 N–H and O–H groups in total. The van der Waals surface area contributed by atoms with E-state index in [-0.39, 0.29) is 11.8 Å². The Hall–Kier alpha value is -2.36. The summed E-state index contributed by atoms with van der Waals surface area (Å²) in [5, 5.41) is 1.54. The van der Waals surface area contributed by atoms with Gasteiger partial charge in [-0.3, -0.25) is 14.5 Å². The molecule has 2 aromatic rings. The number of hydrogen-bond donors (Lipinski definition) is 0. The second-order valence-corrected chi connectivity index (χ2v) is 5.21. The number of amides is 2. The summed E-state index contributed by atoms with van der Waals surface area (Å²) in [5.41, 5.74) is 1.12. The fourth-order valence-corrected chi connectivity index (χ4v) is 2.64. The average Bonchev–Trinajstić information content (AvgIpc) is 2.51. The Morgan fingerprint density at radius 3 is 2.48 bits per heavy atom. The first kappa shape index (κ1) is 13.6. The van der Waals surface area contributed by atoms with Crippen LogP contribution in [-0.2, 0) is 0 Å². The molecule has 0 unspecified atom stereocenters. The quantitative estimate of drug-likeness (QED) is 0.639. The van der Waals surface area contributed by atoms with E-state index in [1.807, 2.05) is 18.2 Å². The largest absolute Gasteiger partial charge is 0.493 e. The van der Waals surface area contributed by atoms with Crippen molar-refractivity contribution in [2.45, 2.75) is 19.8 Å². The highest BCUT2D eigenvalue weighted by Gasteiger charge is 2.30. The van der Waals surface area contributed by atoms with Crippen molar-refractivity contribution in [1.82, 2.24) is 4.90 Å². The molecule has 2 aromatic carbocycles. The Labute approximate surface area is 123 Å². The molecule has 1 aliphatic heterocycles. The average molecular weight is 283 g/mol. The molecule has 2 amide bonds. The molecule has 0 bridgehead atoms. The number of carbonyl (C=O) groups is 2. The van der Waals surface area contributed by atoms with Crippen LogP contribution in [-0.4, -0.2) is 30.4 Å². The number of carbonyl (C=O) groups excluding carboxylic acids is 2. The Balaban J connectivity index is 2.18. The van der Waals surface area contributed by atoms with Gasteiger partial charge in [0.05, 0.1) is 6.61 Å². The Morgan fingerprint density at radius 2 is 1.76 bits per heavy atom. The van der Waals surface area contributed by atoms with Gasteiger partial charge in [-0.1, -0.05) is 25.5 Å². The monoisotopic (exact) mass is 283 g/mol. The number of ether oxygens (including phenoxy) is 1. The lowest BCUT2D eigenvalue weighted by molar-refractivity contribution is 0.0650. The summed E-state index contributed by atoms with van der Waals surface area (Å²) >= 11 is 0. The van der Waals surface area contributed by atoms with Gasteiger partial charge in [0, 0.05) is 28.9 Å². The van der Waals surface area contributed by atoms with Gasteiger partial charge in [0.15, 0.2) is 0 Å². The van der Waals surface area contributed by atoms with Gasteiger partial charge < -0.3 is 4.74 Å². The molecule has 0 aliphatic carbocycles. The normalized spacial score (nSPS) is 13.9. The molecule has 4 heteroatoms. The predicted octanol–water partition coefficient (Wildman–Crippen LogP) is 3.24. The van der Waals surface area contributed by atoms with Gasteiger partial charge in [-0.15, -0.1) is 0 Å². The van der Waals surface area contributed by atoms with Crippen molar-refractivity contribution in [2.75, 3.05) is 13.7 Å². The molecule has 1 heterocycles.